The summed E-state index contributed by atoms with van der Waals surface area (Å²) in [5.74, 6) is -1.31. The van der Waals surface area contributed by atoms with Crippen LogP contribution < -0.4 is 0 Å². The number of aromatic nitrogens is 2. The highest BCUT2D eigenvalue weighted by atomic mass is 16.4. The Hall–Kier alpha value is -1.85. The summed E-state index contributed by atoms with van der Waals surface area (Å²) in [5, 5.41) is 15.5. The third-order valence-electron chi connectivity index (χ3n) is 3.18. The maximum absolute atomic E-state index is 11.9. The first-order valence-electron chi connectivity index (χ1n) is 5.56. The number of aliphatic carboxylic acids is 1. The van der Waals surface area contributed by atoms with E-state index in [0.29, 0.717) is 13.1 Å². The second-order valence-electron chi connectivity index (χ2n) is 4.48. The zero-order valence-corrected chi connectivity index (χ0v) is 9.59. The zero-order valence-electron chi connectivity index (χ0n) is 9.59. The number of hydrogen-bond donors (Lipinski definition) is 2. The lowest BCUT2D eigenvalue weighted by molar-refractivity contribution is -0.142. The SMILES string of the molecule is CC1CN(C(=O)Cc2ccn[nH]2)CC1C(=O)O. The molecule has 0 aromatic carbocycles. The molecular weight excluding hydrogens is 222 g/mol. The normalized spacial score (nSPS) is 23.9. The van der Waals surface area contributed by atoms with Crippen molar-refractivity contribution in [2.75, 3.05) is 13.1 Å². The van der Waals surface area contributed by atoms with Crippen LogP contribution in [0.1, 0.15) is 12.6 Å². The minimum Gasteiger partial charge on any atom is -0.481 e. The van der Waals surface area contributed by atoms with E-state index in [1.807, 2.05) is 6.92 Å². The van der Waals surface area contributed by atoms with Gasteiger partial charge in [-0.2, -0.15) is 5.10 Å². The van der Waals surface area contributed by atoms with Gasteiger partial charge in [0.05, 0.1) is 12.3 Å². The lowest BCUT2D eigenvalue weighted by Crippen LogP contribution is -2.31. The molecule has 2 atom stereocenters. The van der Waals surface area contributed by atoms with E-state index < -0.39 is 11.9 Å². The van der Waals surface area contributed by atoms with Crippen LogP contribution in [-0.2, 0) is 16.0 Å². The highest BCUT2D eigenvalue weighted by molar-refractivity contribution is 5.80. The summed E-state index contributed by atoms with van der Waals surface area (Å²) < 4.78 is 0. The highest BCUT2D eigenvalue weighted by Crippen LogP contribution is 2.23. The van der Waals surface area contributed by atoms with Crippen LogP contribution in [0.25, 0.3) is 0 Å². The molecule has 92 valence electrons. The van der Waals surface area contributed by atoms with Crippen molar-refractivity contribution in [3.05, 3.63) is 18.0 Å². The summed E-state index contributed by atoms with van der Waals surface area (Å²) in [6, 6.07) is 1.74. The fourth-order valence-electron chi connectivity index (χ4n) is 2.15. The van der Waals surface area contributed by atoms with Crippen molar-refractivity contribution in [2.24, 2.45) is 11.8 Å². The van der Waals surface area contributed by atoms with Crippen molar-refractivity contribution in [2.45, 2.75) is 13.3 Å². The first kappa shape index (κ1) is 11.6. The number of H-pyrrole nitrogens is 1. The van der Waals surface area contributed by atoms with E-state index in [0.717, 1.165) is 5.69 Å². The van der Waals surface area contributed by atoms with Crippen molar-refractivity contribution < 1.29 is 14.7 Å². The number of likely N-dealkylation sites (tertiary alicyclic amines) is 1. The summed E-state index contributed by atoms with van der Waals surface area (Å²) in [7, 11) is 0. The van der Waals surface area contributed by atoms with Gasteiger partial charge in [0.1, 0.15) is 0 Å². The number of carbonyl (C=O) groups excluding carboxylic acids is 1. The number of hydrogen-bond acceptors (Lipinski definition) is 3. The number of amides is 1. The molecule has 1 aromatic heterocycles. The lowest BCUT2D eigenvalue weighted by atomic mass is 9.99. The predicted molar refractivity (Wildman–Crippen MR) is 59.2 cm³/mol. The number of rotatable bonds is 3. The first-order chi connectivity index (χ1) is 8.08. The largest absolute Gasteiger partial charge is 0.481 e. The second kappa shape index (κ2) is 4.57. The molecule has 1 aliphatic rings. The number of carbonyl (C=O) groups is 2. The third-order valence-corrected chi connectivity index (χ3v) is 3.18. The highest BCUT2D eigenvalue weighted by Gasteiger charge is 2.36. The van der Waals surface area contributed by atoms with E-state index in [1.54, 1.807) is 17.2 Å². The quantitative estimate of drug-likeness (QED) is 0.782. The molecule has 6 nitrogen and oxygen atoms in total. The molecule has 1 saturated heterocycles. The molecule has 0 aliphatic carbocycles. The van der Waals surface area contributed by atoms with E-state index in [4.69, 9.17) is 5.11 Å². The van der Waals surface area contributed by atoms with Crippen LogP contribution >= 0.6 is 0 Å². The van der Waals surface area contributed by atoms with E-state index in [1.165, 1.54) is 0 Å². The molecule has 17 heavy (non-hydrogen) atoms. The third kappa shape index (κ3) is 2.46. The Kier molecular flexibility index (Phi) is 3.12. The van der Waals surface area contributed by atoms with Crippen molar-refractivity contribution in [3.63, 3.8) is 0 Å². The van der Waals surface area contributed by atoms with E-state index >= 15 is 0 Å². The van der Waals surface area contributed by atoms with Crippen molar-refractivity contribution in [3.8, 4) is 0 Å². The van der Waals surface area contributed by atoms with Crippen molar-refractivity contribution >= 4 is 11.9 Å². The minimum atomic E-state index is -0.825. The predicted octanol–water partition coefficient (Wildman–Crippen LogP) is 0.131. The summed E-state index contributed by atoms with van der Waals surface area (Å²) in [4.78, 5) is 24.5. The van der Waals surface area contributed by atoms with Crippen LogP contribution in [0, 0.1) is 11.8 Å². The fraction of sp³-hybridized carbons (Fsp3) is 0.545. The Bertz CT molecular complexity index is 416. The molecule has 1 fully saturated rings. The summed E-state index contributed by atoms with van der Waals surface area (Å²) in [6.07, 6.45) is 1.84. The van der Waals surface area contributed by atoms with Gasteiger partial charge in [0.15, 0.2) is 0 Å². The van der Waals surface area contributed by atoms with Crippen LogP contribution in [0.2, 0.25) is 0 Å². The van der Waals surface area contributed by atoms with E-state index in [2.05, 4.69) is 10.2 Å². The molecule has 1 aromatic rings. The van der Waals surface area contributed by atoms with Gasteiger partial charge >= 0.3 is 5.97 Å². The van der Waals surface area contributed by atoms with Gasteiger partial charge in [-0.05, 0) is 12.0 Å². The summed E-state index contributed by atoms with van der Waals surface area (Å²) >= 11 is 0. The van der Waals surface area contributed by atoms with Crippen LogP contribution in [0.15, 0.2) is 12.3 Å². The maximum atomic E-state index is 11.9. The van der Waals surface area contributed by atoms with Gasteiger partial charge in [0, 0.05) is 25.0 Å². The topological polar surface area (TPSA) is 86.3 Å². The van der Waals surface area contributed by atoms with Crippen LogP contribution in [-0.4, -0.2) is 45.2 Å². The van der Waals surface area contributed by atoms with E-state index in [9.17, 15) is 9.59 Å². The Balaban J connectivity index is 1.96. The molecule has 0 radical (unpaired) electrons. The maximum Gasteiger partial charge on any atom is 0.308 e. The minimum absolute atomic E-state index is 0.0122. The fourth-order valence-corrected chi connectivity index (χ4v) is 2.15. The monoisotopic (exact) mass is 237 g/mol. The Morgan fingerprint density at radius 1 is 1.59 bits per heavy atom. The molecule has 1 aliphatic heterocycles. The van der Waals surface area contributed by atoms with Gasteiger partial charge in [-0.15, -0.1) is 0 Å². The van der Waals surface area contributed by atoms with Crippen molar-refractivity contribution in [1.82, 2.24) is 15.1 Å². The number of nitrogens with zero attached hydrogens (tertiary/aromatic N) is 2. The molecule has 0 bridgehead atoms. The molecular formula is C11H15N3O3. The van der Waals surface area contributed by atoms with Gasteiger partial charge < -0.3 is 10.0 Å². The lowest BCUT2D eigenvalue weighted by Gasteiger charge is -2.15. The number of aromatic amines is 1. The molecule has 1 amide bonds. The smallest absolute Gasteiger partial charge is 0.308 e. The molecule has 2 heterocycles. The van der Waals surface area contributed by atoms with Gasteiger partial charge in [0.25, 0.3) is 0 Å². The Morgan fingerprint density at radius 3 is 2.88 bits per heavy atom. The van der Waals surface area contributed by atoms with Gasteiger partial charge in [-0.1, -0.05) is 6.92 Å². The zero-order chi connectivity index (χ0) is 12.4. The average molecular weight is 237 g/mol. The van der Waals surface area contributed by atoms with E-state index in [-0.39, 0.29) is 18.2 Å². The van der Waals surface area contributed by atoms with Crippen LogP contribution in [0.3, 0.4) is 0 Å². The van der Waals surface area contributed by atoms with Gasteiger partial charge in [0.2, 0.25) is 5.91 Å². The molecule has 0 saturated carbocycles. The standard InChI is InChI=1S/C11H15N3O3/c1-7-5-14(6-9(7)11(16)17)10(15)4-8-2-3-12-13-8/h2-3,7,9H,4-6H2,1H3,(H,12,13)(H,16,17). The molecule has 2 rings (SSSR count). The number of nitrogens with one attached hydrogen (secondary N) is 1. The Morgan fingerprint density at radius 2 is 2.35 bits per heavy atom. The summed E-state index contributed by atoms with van der Waals surface area (Å²) in [6.45, 7) is 2.69. The van der Waals surface area contributed by atoms with Crippen LogP contribution in [0.5, 0.6) is 0 Å². The van der Waals surface area contributed by atoms with Gasteiger partial charge in [-0.25, -0.2) is 0 Å². The number of carboxylic acids is 1. The Labute approximate surface area is 98.6 Å². The van der Waals surface area contributed by atoms with Gasteiger partial charge in [-0.3, -0.25) is 14.7 Å². The molecule has 2 N–H and O–H groups in total. The van der Waals surface area contributed by atoms with Crippen molar-refractivity contribution in [1.29, 1.82) is 0 Å². The molecule has 0 spiro atoms. The molecule has 6 heteroatoms. The molecule has 2 unspecified atom stereocenters. The number of carboxylic acid groups (broad SMARTS) is 1. The van der Waals surface area contributed by atoms with Crippen LogP contribution in [0.4, 0.5) is 0 Å². The first-order valence-corrected chi connectivity index (χ1v) is 5.56. The summed E-state index contributed by atoms with van der Waals surface area (Å²) in [5.41, 5.74) is 0.751. The second-order valence-corrected chi connectivity index (χ2v) is 4.48. The average Bonchev–Trinajstić information content (AvgIpc) is 2.86.